The van der Waals surface area contributed by atoms with Crippen LogP contribution in [0.2, 0.25) is 10.0 Å². The van der Waals surface area contributed by atoms with Crippen LogP contribution in [0.4, 0.5) is 0 Å². The number of rotatable bonds is 10. The van der Waals surface area contributed by atoms with Crippen molar-refractivity contribution in [1.82, 2.24) is 4.90 Å². The van der Waals surface area contributed by atoms with Gasteiger partial charge in [0.05, 0.1) is 0 Å². The third-order valence-corrected chi connectivity index (χ3v) is 4.31. The summed E-state index contributed by atoms with van der Waals surface area (Å²) in [6.45, 7) is 6.00. The van der Waals surface area contributed by atoms with E-state index in [0.29, 0.717) is 10.0 Å². The Kier molecular flexibility index (Phi) is 10.1. The highest BCUT2D eigenvalue weighted by Gasteiger charge is 2.10. The molecular weight excluding hydrogens is 329 g/mol. The van der Waals surface area contributed by atoms with E-state index < -0.39 is 0 Å². The summed E-state index contributed by atoms with van der Waals surface area (Å²) in [7, 11) is 0. The first-order chi connectivity index (χ1) is 11.1. The number of hydrogen-bond donors (Lipinski definition) is 0. The first-order valence-corrected chi connectivity index (χ1v) is 9.26. The summed E-state index contributed by atoms with van der Waals surface area (Å²) in [4.78, 5) is 14.4. The third kappa shape index (κ3) is 7.90. The van der Waals surface area contributed by atoms with Crippen LogP contribution < -0.4 is 0 Å². The molecule has 4 heteroatoms. The van der Waals surface area contributed by atoms with E-state index in [1.54, 1.807) is 24.3 Å². The Balaban J connectivity index is 2.67. The van der Waals surface area contributed by atoms with Gasteiger partial charge in [0.1, 0.15) is 0 Å². The van der Waals surface area contributed by atoms with E-state index >= 15 is 0 Å². The van der Waals surface area contributed by atoms with Crippen LogP contribution in [0.25, 0.3) is 6.08 Å². The first-order valence-electron chi connectivity index (χ1n) is 8.50. The topological polar surface area (TPSA) is 20.3 Å². The summed E-state index contributed by atoms with van der Waals surface area (Å²) in [5.41, 5.74) is 0.812. The first kappa shape index (κ1) is 20.1. The maximum atomic E-state index is 12.5. The number of carbonyl (C=O) groups excluding carboxylic acids is 1. The molecule has 23 heavy (non-hydrogen) atoms. The molecule has 0 fully saturated rings. The molecule has 0 unspecified atom stereocenters. The van der Waals surface area contributed by atoms with Gasteiger partial charge >= 0.3 is 0 Å². The second kappa shape index (κ2) is 11.5. The lowest BCUT2D eigenvalue weighted by Gasteiger charge is -2.21. The van der Waals surface area contributed by atoms with E-state index in [-0.39, 0.29) is 5.91 Å². The molecule has 128 valence electrons. The van der Waals surface area contributed by atoms with Crippen molar-refractivity contribution in [3.05, 3.63) is 39.9 Å². The highest BCUT2D eigenvalue weighted by atomic mass is 35.5. The Labute approximate surface area is 150 Å². The van der Waals surface area contributed by atoms with E-state index in [2.05, 4.69) is 13.8 Å². The van der Waals surface area contributed by atoms with Gasteiger partial charge in [-0.15, -0.1) is 0 Å². The molecule has 0 aliphatic carbocycles. The number of unbranched alkanes of at least 4 members (excludes halogenated alkanes) is 4. The van der Waals surface area contributed by atoms with Gasteiger partial charge in [-0.05, 0) is 36.6 Å². The van der Waals surface area contributed by atoms with E-state index in [0.717, 1.165) is 57.2 Å². The predicted octanol–water partition coefficient (Wildman–Crippen LogP) is 6.22. The summed E-state index contributed by atoms with van der Waals surface area (Å²) in [6, 6.07) is 5.29. The zero-order chi connectivity index (χ0) is 17.1. The van der Waals surface area contributed by atoms with Gasteiger partial charge in [0.2, 0.25) is 5.91 Å². The molecule has 1 rings (SSSR count). The molecule has 1 aromatic carbocycles. The maximum Gasteiger partial charge on any atom is 0.246 e. The summed E-state index contributed by atoms with van der Waals surface area (Å²) in [5, 5.41) is 1.16. The molecule has 1 amide bonds. The molecule has 0 aromatic heterocycles. The molecule has 0 saturated heterocycles. The van der Waals surface area contributed by atoms with Crippen LogP contribution >= 0.6 is 23.2 Å². The van der Waals surface area contributed by atoms with Gasteiger partial charge in [-0.25, -0.2) is 0 Å². The molecule has 0 saturated carbocycles. The lowest BCUT2D eigenvalue weighted by atomic mass is 10.2. The summed E-state index contributed by atoms with van der Waals surface area (Å²) in [5.74, 6) is 0.0585. The zero-order valence-electron chi connectivity index (χ0n) is 14.2. The monoisotopic (exact) mass is 355 g/mol. The molecule has 1 aromatic rings. The Morgan fingerprint density at radius 2 is 1.65 bits per heavy atom. The van der Waals surface area contributed by atoms with Gasteiger partial charge in [0, 0.05) is 29.2 Å². The van der Waals surface area contributed by atoms with Crippen LogP contribution in [0.15, 0.2) is 24.3 Å². The quantitative estimate of drug-likeness (QED) is 0.360. The largest absolute Gasteiger partial charge is 0.339 e. The van der Waals surface area contributed by atoms with Crippen molar-refractivity contribution in [2.75, 3.05) is 13.1 Å². The van der Waals surface area contributed by atoms with Crippen molar-refractivity contribution in [3.8, 4) is 0 Å². The second-order valence-electron chi connectivity index (χ2n) is 5.74. The van der Waals surface area contributed by atoms with E-state index in [1.807, 2.05) is 11.0 Å². The number of nitrogens with zero attached hydrogens (tertiary/aromatic N) is 1. The van der Waals surface area contributed by atoms with Crippen molar-refractivity contribution in [3.63, 3.8) is 0 Å². The summed E-state index contributed by atoms with van der Waals surface area (Å²) in [6.07, 6.45) is 10.1. The number of carbonyl (C=O) groups is 1. The minimum atomic E-state index is 0.0585. The van der Waals surface area contributed by atoms with Gasteiger partial charge < -0.3 is 4.90 Å². The van der Waals surface area contributed by atoms with Crippen molar-refractivity contribution >= 4 is 35.2 Å². The summed E-state index contributed by atoms with van der Waals surface area (Å²) < 4.78 is 0. The number of amides is 1. The van der Waals surface area contributed by atoms with Crippen LogP contribution in [0, 0.1) is 0 Å². The van der Waals surface area contributed by atoms with Crippen molar-refractivity contribution in [2.24, 2.45) is 0 Å². The molecule has 0 spiro atoms. The molecule has 0 heterocycles. The molecule has 0 aliphatic heterocycles. The lowest BCUT2D eigenvalue weighted by Crippen LogP contribution is -2.31. The van der Waals surface area contributed by atoms with Crippen LogP contribution in [-0.4, -0.2) is 23.9 Å². The average molecular weight is 356 g/mol. The molecule has 2 nitrogen and oxygen atoms in total. The van der Waals surface area contributed by atoms with Crippen molar-refractivity contribution in [2.45, 2.75) is 52.4 Å². The fourth-order valence-corrected chi connectivity index (χ4v) is 2.81. The fourth-order valence-electron chi connectivity index (χ4n) is 2.34. The predicted molar refractivity (Wildman–Crippen MR) is 101 cm³/mol. The Bertz CT molecular complexity index is 504. The number of halogens is 2. The van der Waals surface area contributed by atoms with Crippen LogP contribution in [0.3, 0.4) is 0 Å². The molecule has 0 aliphatic rings. The molecule has 0 bridgehead atoms. The van der Waals surface area contributed by atoms with Crippen molar-refractivity contribution < 1.29 is 4.79 Å². The molecule has 0 N–H and O–H groups in total. The molecule has 0 atom stereocenters. The van der Waals surface area contributed by atoms with Crippen LogP contribution in [-0.2, 0) is 4.79 Å². The standard InChI is InChI=1S/C19H27Cl2NO/c1-3-5-7-13-22(14-8-6-4-2)19(23)12-10-16-9-11-17(20)15-18(16)21/h9-12,15H,3-8,13-14H2,1-2H3. The maximum absolute atomic E-state index is 12.5. The van der Waals surface area contributed by atoms with Gasteiger partial charge in [-0.1, -0.05) is 68.8 Å². The molecule has 0 radical (unpaired) electrons. The van der Waals surface area contributed by atoms with Gasteiger partial charge in [0.15, 0.2) is 0 Å². The number of benzene rings is 1. The van der Waals surface area contributed by atoms with E-state index in [4.69, 9.17) is 23.2 Å². The zero-order valence-corrected chi connectivity index (χ0v) is 15.7. The third-order valence-electron chi connectivity index (χ3n) is 3.74. The van der Waals surface area contributed by atoms with Gasteiger partial charge in [-0.3, -0.25) is 4.79 Å². The van der Waals surface area contributed by atoms with Crippen LogP contribution in [0.5, 0.6) is 0 Å². The Hall–Kier alpha value is -0.990. The second-order valence-corrected chi connectivity index (χ2v) is 6.58. The van der Waals surface area contributed by atoms with Gasteiger partial charge in [0.25, 0.3) is 0 Å². The SMILES string of the molecule is CCCCCN(CCCCC)C(=O)C=Cc1ccc(Cl)cc1Cl. The van der Waals surface area contributed by atoms with Crippen molar-refractivity contribution in [1.29, 1.82) is 0 Å². The normalized spacial score (nSPS) is 11.1. The highest BCUT2D eigenvalue weighted by molar-refractivity contribution is 6.35. The Morgan fingerprint density at radius 3 is 2.17 bits per heavy atom. The minimum Gasteiger partial charge on any atom is -0.339 e. The van der Waals surface area contributed by atoms with E-state index in [1.165, 1.54) is 0 Å². The molecular formula is C19H27Cl2NO. The Morgan fingerprint density at radius 1 is 1.04 bits per heavy atom. The average Bonchev–Trinajstić information content (AvgIpc) is 2.52. The highest BCUT2D eigenvalue weighted by Crippen LogP contribution is 2.22. The minimum absolute atomic E-state index is 0.0585. The lowest BCUT2D eigenvalue weighted by molar-refractivity contribution is -0.126. The van der Waals surface area contributed by atoms with Gasteiger partial charge in [-0.2, -0.15) is 0 Å². The summed E-state index contributed by atoms with van der Waals surface area (Å²) >= 11 is 12.0. The fraction of sp³-hybridized carbons (Fsp3) is 0.526. The number of hydrogen-bond acceptors (Lipinski definition) is 1. The van der Waals surface area contributed by atoms with E-state index in [9.17, 15) is 4.79 Å². The van der Waals surface area contributed by atoms with Crippen LogP contribution in [0.1, 0.15) is 57.9 Å². The smallest absolute Gasteiger partial charge is 0.246 e.